The molecular formula is C26H24FN5O2. The first-order valence-corrected chi connectivity index (χ1v) is 11.4. The highest BCUT2D eigenvalue weighted by atomic mass is 19.1. The Morgan fingerprint density at radius 3 is 2.76 bits per heavy atom. The minimum absolute atomic E-state index is 0.436. The standard InChI is InChI=1S/C26H24FN5O2/c1-33-23-6-2-3-7-24(23)34-18-9-11-20-19(14-18)25(31-30-20)26-28-21-10-8-17(13-22(21)29-26)32-12-4-5-16(27)15-32/h2-3,6-11,13-14,16H,4-5,12,15H2,1H3,(H,28,29)(H,30,31). The number of halogens is 1. The molecular weight excluding hydrogens is 433 g/mol. The summed E-state index contributed by atoms with van der Waals surface area (Å²) in [6.07, 6.45) is 0.734. The third kappa shape index (κ3) is 3.71. The van der Waals surface area contributed by atoms with Crippen molar-refractivity contribution in [1.82, 2.24) is 20.2 Å². The highest BCUT2D eigenvalue weighted by molar-refractivity contribution is 5.94. The van der Waals surface area contributed by atoms with E-state index in [0.29, 0.717) is 41.7 Å². The Morgan fingerprint density at radius 2 is 1.91 bits per heavy atom. The van der Waals surface area contributed by atoms with E-state index in [1.165, 1.54) is 0 Å². The zero-order valence-corrected chi connectivity index (χ0v) is 18.7. The van der Waals surface area contributed by atoms with E-state index < -0.39 is 6.17 Å². The van der Waals surface area contributed by atoms with Crippen LogP contribution in [-0.2, 0) is 0 Å². The number of alkyl halides is 1. The van der Waals surface area contributed by atoms with Crippen LogP contribution in [0.25, 0.3) is 33.5 Å². The molecule has 2 N–H and O–H groups in total. The molecule has 7 nitrogen and oxygen atoms in total. The van der Waals surface area contributed by atoms with Crippen molar-refractivity contribution in [2.24, 2.45) is 0 Å². The third-order valence-electron chi connectivity index (χ3n) is 6.25. The van der Waals surface area contributed by atoms with Crippen LogP contribution in [0.3, 0.4) is 0 Å². The van der Waals surface area contributed by atoms with Crippen LogP contribution < -0.4 is 14.4 Å². The predicted octanol–water partition coefficient (Wildman–Crippen LogP) is 5.85. The van der Waals surface area contributed by atoms with E-state index in [1.807, 2.05) is 60.7 Å². The Kier molecular flexibility index (Phi) is 5.05. The number of fused-ring (bicyclic) bond motifs is 2. The lowest BCUT2D eigenvalue weighted by Crippen LogP contribution is -2.36. The van der Waals surface area contributed by atoms with E-state index in [9.17, 15) is 4.39 Å². The van der Waals surface area contributed by atoms with Crippen LogP contribution >= 0.6 is 0 Å². The van der Waals surface area contributed by atoms with Gasteiger partial charge in [0.25, 0.3) is 0 Å². The second-order valence-corrected chi connectivity index (χ2v) is 8.50. The molecule has 6 rings (SSSR count). The molecule has 3 heterocycles. The number of benzene rings is 3. The van der Waals surface area contributed by atoms with E-state index in [-0.39, 0.29) is 0 Å². The number of aromatic amines is 2. The van der Waals surface area contributed by atoms with E-state index in [1.54, 1.807) is 7.11 Å². The molecule has 0 radical (unpaired) electrons. The van der Waals surface area contributed by atoms with Crippen molar-refractivity contribution in [3.63, 3.8) is 0 Å². The number of nitrogens with zero attached hydrogens (tertiary/aromatic N) is 3. The lowest BCUT2D eigenvalue weighted by Gasteiger charge is -2.30. The van der Waals surface area contributed by atoms with E-state index in [0.717, 1.165) is 40.6 Å². The zero-order valence-electron chi connectivity index (χ0n) is 18.7. The molecule has 0 aliphatic carbocycles. The highest BCUT2D eigenvalue weighted by Crippen LogP contribution is 2.35. The summed E-state index contributed by atoms with van der Waals surface area (Å²) < 4.78 is 25.4. The van der Waals surface area contributed by atoms with Gasteiger partial charge >= 0.3 is 0 Å². The van der Waals surface area contributed by atoms with Crippen molar-refractivity contribution in [3.05, 3.63) is 60.7 Å². The monoisotopic (exact) mass is 457 g/mol. The van der Waals surface area contributed by atoms with Crippen molar-refractivity contribution in [1.29, 1.82) is 0 Å². The van der Waals surface area contributed by atoms with Gasteiger partial charge in [-0.25, -0.2) is 9.37 Å². The van der Waals surface area contributed by atoms with Crippen molar-refractivity contribution in [2.75, 3.05) is 25.1 Å². The number of nitrogens with one attached hydrogen (secondary N) is 2. The first-order valence-electron chi connectivity index (χ1n) is 11.4. The van der Waals surface area contributed by atoms with E-state index >= 15 is 0 Å². The third-order valence-corrected chi connectivity index (χ3v) is 6.25. The summed E-state index contributed by atoms with van der Waals surface area (Å²) in [5, 5.41) is 8.47. The molecule has 1 saturated heterocycles. The van der Waals surface area contributed by atoms with Gasteiger partial charge in [0.05, 0.1) is 23.7 Å². The number of anilines is 1. The maximum absolute atomic E-state index is 13.9. The Hall–Kier alpha value is -4.07. The minimum atomic E-state index is -0.774. The van der Waals surface area contributed by atoms with Gasteiger partial charge in [-0.2, -0.15) is 5.10 Å². The quantitative estimate of drug-likeness (QED) is 0.346. The van der Waals surface area contributed by atoms with Gasteiger partial charge in [0, 0.05) is 24.2 Å². The molecule has 3 aromatic carbocycles. The molecule has 1 unspecified atom stereocenters. The fourth-order valence-corrected chi connectivity index (χ4v) is 4.53. The summed E-state index contributed by atoms with van der Waals surface area (Å²) >= 11 is 0. The van der Waals surface area contributed by atoms with Crippen molar-refractivity contribution < 1.29 is 13.9 Å². The molecule has 1 aliphatic heterocycles. The lowest BCUT2D eigenvalue weighted by molar-refractivity contribution is 0.287. The second kappa shape index (κ2) is 8.37. The van der Waals surface area contributed by atoms with Gasteiger partial charge in [-0.3, -0.25) is 5.10 Å². The van der Waals surface area contributed by atoms with Crippen LogP contribution in [0.4, 0.5) is 10.1 Å². The first kappa shape index (κ1) is 20.5. The van der Waals surface area contributed by atoms with Crippen LogP contribution in [0, 0.1) is 0 Å². The topological polar surface area (TPSA) is 79.1 Å². The zero-order chi connectivity index (χ0) is 23.1. The fourth-order valence-electron chi connectivity index (χ4n) is 4.53. The Morgan fingerprint density at radius 1 is 1.03 bits per heavy atom. The minimum Gasteiger partial charge on any atom is -0.493 e. The van der Waals surface area contributed by atoms with E-state index in [2.05, 4.69) is 20.1 Å². The van der Waals surface area contributed by atoms with Crippen molar-refractivity contribution in [3.8, 4) is 28.8 Å². The van der Waals surface area contributed by atoms with Crippen LogP contribution in [0.5, 0.6) is 17.2 Å². The molecule has 0 spiro atoms. The predicted molar refractivity (Wildman–Crippen MR) is 131 cm³/mol. The molecule has 8 heteroatoms. The van der Waals surface area contributed by atoms with Gasteiger partial charge < -0.3 is 19.4 Å². The molecule has 5 aromatic rings. The molecule has 0 bridgehead atoms. The van der Waals surface area contributed by atoms with Gasteiger partial charge in [-0.1, -0.05) is 12.1 Å². The second-order valence-electron chi connectivity index (χ2n) is 8.50. The molecule has 0 amide bonds. The number of hydrogen-bond acceptors (Lipinski definition) is 5. The summed E-state index contributed by atoms with van der Waals surface area (Å²) in [7, 11) is 1.62. The summed E-state index contributed by atoms with van der Waals surface area (Å²) in [4.78, 5) is 10.2. The van der Waals surface area contributed by atoms with Gasteiger partial charge in [0.1, 0.15) is 17.6 Å². The number of imidazole rings is 1. The summed E-state index contributed by atoms with van der Waals surface area (Å²) in [6.45, 7) is 1.30. The number of aromatic nitrogens is 4. The van der Waals surface area contributed by atoms with Crippen LogP contribution in [0.15, 0.2) is 60.7 Å². The largest absolute Gasteiger partial charge is 0.493 e. The number of ether oxygens (including phenoxy) is 2. The molecule has 172 valence electrons. The summed E-state index contributed by atoms with van der Waals surface area (Å²) in [6, 6.07) is 19.3. The smallest absolute Gasteiger partial charge is 0.169 e. The molecule has 1 fully saturated rings. The van der Waals surface area contributed by atoms with Crippen LogP contribution in [-0.4, -0.2) is 46.5 Å². The Balaban J connectivity index is 1.34. The van der Waals surface area contributed by atoms with Gasteiger partial charge in [-0.15, -0.1) is 0 Å². The first-order chi connectivity index (χ1) is 16.7. The number of rotatable bonds is 5. The number of piperidine rings is 1. The molecule has 1 aliphatic rings. The summed E-state index contributed by atoms with van der Waals surface area (Å²) in [5.74, 6) is 2.63. The van der Waals surface area contributed by atoms with Crippen molar-refractivity contribution in [2.45, 2.75) is 19.0 Å². The van der Waals surface area contributed by atoms with Crippen LogP contribution in [0.1, 0.15) is 12.8 Å². The average Bonchev–Trinajstić information content (AvgIpc) is 3.47. The summed E-state index contributed by atoms with van der Waals surface area (Å²) in [5.41, 5.74) is 4.33. The molecule has 34 heavy (non-hydrogen) atoms. The van der Waals surface area contributed by atoms with Crippen LogP contribution in [0.2, 0.25) is 0 Å². The Labute approximate surface area is 195 Å². The average molecular weight is 458 g/mol. The Bertz CT molecular complexity index is 1480. The number of para-hydroxylation sites is 2. The highest BCUT2D eigenvalue weighted by Gasteiger charge is 2.20. The van der Waals surface area contributed by atoms with E-state index in [4.69, 9.17) is 14.5 Å². The maximum atomic E-state index is 13.9. The van der Waals surface area contributed by atoms with Crippen molar-refractivity contribution >= 4 is 27.6 Å². The number of H-pyrrole nitrogens is 2. The normalized spacial score (nSPS) is 16.3. The maximum Gasteiger partial charge on any atom is 0.169 e. The van der Waals surface area contributed by atoms with Gasteiger partial charge in [0.15, 0.2) is 17.3 Å². The SMILES string of the molecule is COc1ccccc1Oc1ccc2[nH]nc(-c3nc4ccc(N5CCCC(F)C5)cc4[nH]3)c2c1. The number of hydrogen-bond donors (Lipinski definition) is 2. The van der Waals surface area contributed by atoms with Gasteiger partial charge in [-0.05, 0) is 61.4 Å². The molecule has 0 saturated carbocycles. The van der Waals surface area contributed by atoms with Gasteiger partial charge in [0.2, 0.25) is 0 Å². The lowest BCUT2D eigenvalue weighted by atomic mass is 10.1. The molecule has 1 atom stereocenters. The molecule has 2 aromatic heterocycles. The number of methoxy groups -OCH3 is 1. The fraction of sp³-hybridized carbons (Fsp3) is 0.231.